The van der Waals surface area contributed by atoms with Crippen LogP contribution in [0, 0.1) is 0 Å². The van der Waals surface area contributed by atoms with Crippen molar-refractivity contribution in [3.8, 4) is 0 Å². The second kappa shape index (κ2) is 6.01. The molecule has 0 bridgehead atoms. The van der Waals surface area contributed by atoms with Crippen LogP contribution < -0.4 is 5.32 Å². The van der Waals surface area contributed by atoms with Crippen molar-refractivity contribution < 1.29 is 26.4 Å². The van der Waals surface area contributed by atoms with Crippen LogP contribution in [0.5, 0.6) is 0 Å². The number of carbonyl (C=O) groups is 1. The molecule has 3 rings (SSSR count). The predicted molar refractivity (Wildman–Crippen MR) is 82.1 cm³/mol. The molecule has 2 fully saturated rings. The lowest BCUT2D eigenvalue weighted by molar-refractivity contribution is -0.142. The molecule has 0 spiro atoms. The molecule has 1 aromatic heterocycles. The van der Waals surface area contributed by atoms with E-state index in [0.717, 1.165) is 17.5 Å². The second-order valence-electron chi connectivity index (χ2n) is 6.14. The van der Waals surface area contributed by atoms with Crippen molar-refractivity contribution in [3.05, 3.63) is 15.9 Å². The average Bonchev–Trinajstić information content (AvgIpc) is 3.12. The fraction of sp³-hybridized carbons (Fsp3) is 0.692. The van der Waals surface area contributed by atoms with Crippen molar-refractivity contribution in [1.82, 2.24) is 15.1 Å². The molecular weight excluding hydrogens is 415 g/mol. The van der Waals surface area contributed by atoms with E-state index in [4.69, 9.17) is 0 Å². The Balaban J connectivity index is 1.76. The Morgan fingerprint density at radius 1 is 1.33 bits per heavy atom. The minimum atomic E-state index is -4.61. The lowest BCUT2D eigenvalue weighted by Gasteiger charge is -2.12. The van der Waals surface area contributed by atoms with E-state index in [1.807, 2.05) is 0 Å². The molecular formula is C13H15BrF3N3O3S. The molecule has 1 saturated heterocycles. The van der Waals surface area contributed by atoms with Gasteiger partial charge in [-0.3, -0.25) is 9.48 Å². The van der Waals surface area contributed by atoms with Gasteiger partial charge in [0.2, 0.25) is 5.91 Å². The van der Waals surface area contributed by atoms with Crippen LogP contribution in [0.4, 0.5) is 13.2 Å². The number of hydrogen-bond acceptors (Lipinski definition) is 4. The second-order valence-corrected chi connectivity index (χ2v) is 9.17. The number of amides is 1. The first-order chi connectivity index (χ1) is 11.1. The van der Waals surface area contributed by atoms with Gasteiger partial charge >= 0.3 is 6.18 Å². The predicted octanol–water partition coefficient (Wildman–Crippen LogP) is 1.85. The Hall–Kier alpha value is -1.10. The Morgan fingerprint density at radius 3 is 2.50 bits per heavy atom. The summed E-state index contributed by atoms with van der Waals surface area (Å²) in [5.41, 5.74) is -0.669. The molecule has 1 amide bonds. The first kappa shape index (κ1) is 17.7. The third-order valence-corrected chi connectivity index (χ3v) is 6.60. The summed E-state index contributed by atoms with van der Waals surface area (Å²) in [6, 6.07) is -0.493. The standard InChI is InChI=1S/C13H15BrF3N3O3S/c14-10-11(7-1-2-7)20(19-12(10)13(15,16)17)5-9(21)18-8-3-4-24(22,23)6-8/h7-8H,1-6H2,(H,18,21)/t8-/m0/s1. The lowest BCUT2D eigenvalue weighted by atomic mass is 10.2. The Bertz CT molecular complexity index is 771. The van der Waals surface area contributed by atoms with Crippen molar-refractivity contribution in [1.29, 1.82) is 0 Å². The molecule has 2 aliphatic rings. The molecule has 1 atom stereocenters. The fourth-order valence-electron chi connectivity index (χ4n) is 2.82. The van der Waals surface area contributed by atoms with Crippen molar-refractivity contribution in [2.24, 2.45) is 0 Å². The molecule has 0 aromatic carbocycles. The minimum absolute atomic E-state index is 0.0107. The van der Waals surface area contributed by atoms with E-state index >= 15 is 0 Å². The zero-order valence-corrected chi connectivity index (χ0v) is 14.8. The summed E-state index contributed by atoms with van der Waals surface area (Å²) < 4.78 is 62.7. The maximum absolute atomic E-state index is 13.0. The number of halogens is 4. The number of rotatable bonds is 4. The van der Waals surface area contributed by atoms with E-state index in [1.54, 1.807) is 0 Å². The zero-order chi connectivity index (χ0) is 17.7. The topological polar surface area (TPSA) is 81.1 Å². The maximum atomic E-state index is 13.0. The first-order valence-corrected chi connectivity index (χ1v) is 10.0. The monoisotopic (exact) mass is 429 g/mol. The van der Waals surface area contributed by atoms with Crippen molar-refractivity contribution in [3.63, 3.8) is 0 Å². The highest BCUT2D eigenvalue weighted by molar-refractivity contribution is 9.10. The van der Waals surface area contributed by atoms with Crippen LogP contribution in [0.2, 0.25) is 0 Å². The largest absolute Gasteiger partial charge is 0.436 e. The number of nitrogens with zero attached hydrogens (tertiary/aromatic N) is 2. The number of carbonyl (C=O) groups excluding carboxylic acids is 1. The molecule has 6 nitrogen and oxygen atoms in total. The molecule has 1 aliphatic carbocycles. The molecule has 0 unspecified atom stereocenters. The van der Waals surface area contributed by atoms with E-state index in [2.05, 4.69) is 26.3 Å². The summed E-state index contributed by atoms with van der Waals surface area (Å²) in [7, 11) is -3.14. The van der Waals surface area contributed by atoms with Gasteiger partial charge in [0.15, 0.2) is 15.5 Å². The quantitative estimate of drug-likeness (QED) is 0.791. The smallest absolute Gasteiger partial charge is 0.351 e. The number of aromatic nitrogens is 2. The van der Waals surface area contributed by atoms with Crippen molar-refractivity contribution >= 4 is 31.7 Å². The molecule has 11 heteroatoms. The summed E-state index contributed by atoms with van der Waals surface area (Å²) in [5.74, 6) is -0.702. The molecule has 1 aromatic rings. The highest BCUT2D eigenvalue weighted by Crippen LogP contribution is 2.46. The molecule has 1 aliphatic heterocycles. The minimum Gasteiger partial charge on any atom is -0.351 e. The van der Waals surface area contributed by atoms with Gasteiger partial charge in [-0.05, 0) is 35.2 Å². The Labute approximate surface area is 144 Å². The Morgan fingerprint density at radius 2 is 2.00 bits per heavy atom. The third-order valence-electron chi connectivity index (χ3n) is 4.06. The van der Waals surface area contributed by atoms with Gasteiger partial charge in [-0.15, -0.1) is 0 Å². The van der Waals surface area contributed by atoms with Gasteiger partial charge in [0.1, 0.15) is 6.54 Å². The van der Waals surface area contributed by atoms with Gasteiger partial charge in [0.25, 0.3) is 0 Å². The Kier molecular flexibility index (Phi) is 4.44. The van der Waals surface area contributed by atoms with Crippen molar-refractivity contribution in [2.75, 3.05) is 11.5 Å². The van der Waals surface area contributed by atoms with Gasteiger partial charge in [0, 0.05) is 12.0 Å². The normalized spacial score (nSPS) is 23.4. The summed E-state index contributed by atoms with van der Waals surface area (Å²) in [6.45, 7) is -0.364. The molecule has 0 radical (unpaired) electrons. The van der Waals surface area contributed by atoms with Crippen LogP contribution in [0.1, 0.15) is 36.6 Å². The summed E-state index contributed by atoms with van der Waals surface area (Å²) in [6.07, 6.45) is -2.78. The van der Waals surface area contributed by atoms with Crippen LogP contribution in [0.25, 0.3) is 0 Å². The van der Waals surface area contributed by atoms with Crippen molar-refractivity contribution in [2.45, 2.75) is 43.9 Å². The molecule has 24 heavy (non-hydrogen) atoms. The number of nitrogens with one attached hydrogen (secondary N) is 1. The van der Waals surface area contributed by atoms with E-state index < -0.39 is 33.7 Å². The maximum Gasteiger partial charge on any atom is 0.436 e. The van der Waals surface area contributed by atoms with Crippen LogP contribution in [-0.4, -0.2) is 41.7 Å². The third kappa shape index (κ3) is 3.76. The van der Waals surface area contributed by atoms with E-state index in [9.17, 15) is 26.4 Å². The fourth-order valence-corrected chi connectivity index (χ4v) is 5.33. The molecule has 1 N–H and O–H groups in total. The highest BCUT2D eigenvalue weighted by Gasteiger charge is 2.42. The van der Waals surface area contributed by atoms with E-state index in [0.29, 0.717) is 12.1 Å². The summed E-state index contributed by atoms with van der Waals surface area (Å²) in [5, 5.41) is 6.11. The summed E-state index contributed by atoms with van der Waals surface area (Å²) >= 11 is 2.96. The molecule has 2 heterocycles. The highest BCUT2D eigenvalue weighted by atomic mass is 79.9. The van der Waals surface area contributed by atoms with Crippen LogP contribution >= 0.6 is 15.9 Å². The number of sulfone groups is 1. The number of alkyl halides is 3. The van der Waals surface area contributed by atoms with Gasteiger partial charge in [0.05, 0.1) is 21.7 Å². The molecule has 1 saturated carbocycles. The zero-order valence-electron chi connectivity index (χ0n) is 12.4. The lowest BCUT2D eigenvalue weighted by Crippen LogP contribution is -2.38. The van der Waals surface area contributed by atoms with Crippen LogP contribution in [0.3, 0.4) is 0 Å². The average molecular weight is 430 g/mol. The van der Waals surface area contributed by atoms with E-state index in [1.165, 1.54) is 0 Å². The van der Waals surface area contributed by atoms with Gasteiger partial charge in [-0.2, -0.15) is 18.3 Å². The van der Waals surface area contributed by atoms with E-state index in [-0.39, 0.29) is 28.4 Å². The van der Waals surface area contributed by atoms with Crippen LogP contribution in [0.15, 0.2) is 4.47 Å². The van der Waals surface area contributed by atoms with Gasteiger partial charge in [-0.1, -0.05) is 0 Å². The van der Waals surface area contributed by atoms with Gasteiger partial charge < -0.3 is 5.32 Å². The number of hydrogen-bond donors (Lipinski definition) is 1. The molecule has 134 valence electrons. The van der Waals surface area contributed by atoms with Gasteiger partial charge in [-0.25, -0.2) is 8.42 Å². The summed E-state index contributed by atoms with van der Waals surface area (Å²) in [4.78, 5) is 12.1. The van der Waals surface area contributed by atoms with Crippen LogP contribution in [-0.2, 0) is 27.4 Å². The SMILES string of the molecule is O=C(Cn1nc(C(F)(F)F)c(Br)c1C1CC1)N[C@H]1CCS(=O)(=O)C1. The first-order valence-electron chi connectivity index (χ1n) is 7.40.